The first-order valence-electron chi connectivity index (χ1n) is 9.71. The Hall–Kier alpha value is -4.07. The lowest BCUT2D eigenvalue weighted by molar-refractivity contribution is -0.138. The van der Waals surface area contributed by atoms with Crippen molar-refractivity contribution in [3.05, 3.63) is 77.1 Å². The molecule has 2 amide bonds. The zero-order valence-corrected chi connectivity index (χ0v) is 17.2. The number of benzene rings is 2. The first-order chi connectivity index (χ1) is 14.8. The Labute approximate surface area is 178 Å². The molecule has 1 N–H and O–H groups in total. The quantitative estimate of drug-likeness (QED) is 0.386. The lowest BCUT2D eigenvalue weighted by Gasteiger charge is -2.21. The number of imide groups is 1. The number of fused-ring (bicyclic) bond motifs is 1. The summed E-state index contributed by atoms with van der Waals surface area (Å²) < 4.78 is 5.44. The van der Waals surface area contributed by atoms with E-state index in [2.05, 4.69) is 15.3 Å². The van der Waals surface area contributed by atoms with Crippen LogP contribution in [-0.4, -0.2) is 38.7 Å². The number of nitrogens with zero attached hydrogens (tertiary/aromatic N) is 3. The largest absolute Gasteiger partial charge is 0.425 e. The molecule has 0 radical (unpaired) electrons. The van der Waals surface area contributed by atoms with Crippen LogP contribution in [0.5, 0.6) is 5.75 Å². The van der Waals surface area contributed by atoms with Crippen molar-refractivity contribution in [3.8, 4) is 5.75 Å². The molecule has 8 heteroatoms. The highest BCUT2D eigenvalue weighted by Crippen LogP contribution is 2.26. The van der Waals surface area contributed by atoms with E-state index in [1.54, 1.807) is 48.5 Å². The molecule has 0 spiro atoms. The van der Waals surface area contributed by atoms with Crippen molar-refractivity contribution in [3.63, 3.8) is 0 Å². The van der Waals surface area contributed by atoms with Crippen molar-refractivity contribution in [2.75, 3.05) is 5.32 Å². The van der Waals surface area contributed by atoms with Gasteiger partial charge in [-0.3, -0.25) is 14.5 Å². The van der Waals surface area contributed by atoms with Gasteiger partial charge in [0.25, 0.3) is 11.8 Å². The smallest absolute Gasteiger partial charge is 0.334 e. The molecule has 1 aliphatic heterocycles. The Morgan fingerprint density at radius 1 is 0.935 bits per heavy atom. The van der Waals surface area contributed by atoms with Gasteiger partial charge in [-0.1, -0.05) is 18.2 Å². The van der Waals surface area contributed by atoms with Gasteiger partial charge in [-0.25, -0.2) is 14.8 Å². The fourth-order valence-corrected chi connectivity index (χ4v) is 3.41. The number of aryl methyl sites for hydroxylation is 2. The molecular weight excluding hydrogens is 396 g/mol. The van der Waals surface area contributed by atoms with E-state index in [0.29, 0.717) is 11.6 Å². The zero-order chi connectivity index (χ0) is 22.1. The highest BCUT2D eigenvalue weighted by Gasteiger charge is 2.41. The predicted molar refractivity (Wildman–Crippen MR) is 113 cm³/mol. The second kappa shape index (κ2) is 7.98. The maximum Gasteiger partial charge on any atom is 0.334 e. The van der Waals surface area contributed by atoms with E-state index in [9.17, 15) is 14.4 Å². The molecule has 2 aromatic carbocycles. The van der Waals surface area contributed by atoms with Gasteiger partial charge < -0.3 is 10.1 Å². The second-order valence-corrected chi connectivity index (χ2v) is 7.25. The minimum Gasteiger partial charge on any atom is -0.425 e. The van der Waals surface area contributed by atoms with Crippen molar-refractivity contribution in [2.24, 2.45) is 0 Å². The first-order valence-corrected chi connectivity index (χ1v) is 9.71. The molecule has 2 heterocycles. The van der Waals surface area contributed by atoms with Gasteiger partial charge in [-0.05, 0) is 51.1 Å². The monoisotopic (exact) mass is 416 g/mol. The van der Waals surface area contributed by atoms with Crippen molar-refractivity contribution in [2.45, 2.75) is 26.8 Å². The summed E-state index contributed by atoms with van der Waals surface area (Å²) in [6, 6.07) is 14.0. The van der Waals surface area contributed by atoms with E-state index in [1.165, 1.54) is 6.92 Å². The molecule has 1 aliphatic rings. The fraction of sp³-hybridized carbons (Fsp3) is 0.174. The molecule has 31 heavy (non-hydrogen) atoms. The molecule has 0 saturated heterocycles. The molecule has 1 atom stereocenters. The third-order valence-electron chi connectivity index (χ3n) is 4.84. The molecular formula is C23H20N4O4. The number of anilines is 2. The number of carbonyl (C=O) groups excluding carboxylic acids is 3. The number of hydrogen-bond donors (Lipinski definition) is 1. The van der Waals surface area contributed by atoms with E-state index in [4.69, 9.17) is 4.74 Å². The van der Waals surface area contributed by atoms with Crippen LogP contribution in [0.15, 0.2) is 54.6 Å². The van der Waals surface area contributed by atoms with Crippen LogP contribution in [0.2, 0.25) is 0 Å². The molecule has 0 bridgehead atoms. The van der Waals surface area contributed by atoms with Crippen LogP contribution in [0, 0.1) is 13.8 Å². The standard InChI is InChI=1S/C23H20N4O4/c1-13-11-14(2)25-23(24-13)26-16-7-6-8-17(12-16)31-22(30)15(3)27-20(28)18-9-4-5-10-19(18)21(27)29/h4-12,15H,1-3H3,(H,24,25,26)/t15-/m0/s1. The van der Waals surface area contributed by atoms with Gasteiger partial charge in [0.15, 0.2) is 0 Å². The van der Waals surface area contributed by atoms with Crippen LogP contribution in [-0.2, 0) is 4.79 Å². The van der Waals surface area contributed by atoms with E-state index in [1.807, 2.05) is 19.9 Å². The Bertz CT molecular complexity index is 1150. The van der Waals surface area contributed by atoms with Crippen molar-refractivity contribution < 1.29 is 19.1 Å². The number of nitrogens with one attached hydrogen (secondary N) is 1. The highest BCUT2D eigenvalue weighted by atomic mass is 16.5. The molecule has 0 aliphatic carbocycles. The number of aromatic nitrogens is 2. The molecule has 0 saturated carbocycles. The van der Waals surface area contributed by atoms with Crippen LogP contribution in [0.4, 0.5) is 11.6 Å². The molecule has 0 fully saturated rings. The SMILES string of the molecule is Cc1cc(C)nc(Nc2cccc(OC(=O)[C@H](C)N3C(=O)c4ccccc4C3=O)c2)n1. The lowest BCUT2D eigenvalue weighted by atomic mass is 10.1. The van der Waals surface area contributed by atoms with Gasteiger partial charge in [-0.2, -0.15) is 0 Å². The minimum absolute atomic E-state index is 0.267. The summed E-state index contributed by atoms with van der Waals surface area (Å²) in [6.45, 7) is 5.22. The number of carbonyl (C=O) groups is 3. The van der Waals surface area contributed by atoms with Crippen molar-refractivity contribution in [1.82, 2.24) is 14.9 Å². The summed E-state index contributed by atoms with van der Waals surface area (Å²) in [5.74, 6) is -1.03. The lowest BCUT2D eigenvalue weighted by Crippen LogP contribution is -2.44. The molecule has 0 unspecified atom stereocenters. The van der Waals surface area contributed by atoms with Gasteiger partial charge in [-0.15, -0.1) is 0 Å². The summed E-state index contributed by atoms with van der Waals surface area (Å²) >= 11 is 0. The Balaban J connectivity index is 1.48. The van der Waals surface area contributed by atoms with Crippen molar-refractivity contribution in [1.29, 1.82) is 0 Å². The average Bonchev–Trinajstić information content (AvgIpc) is 2.97. The number of ether oxygens (including phenoxy) is 1. The van der Waals surface area contributed by atoms with Gasteiger partial charge in [0, 0.05) is 23.1 Å². The molecule has 3 aromatic rings. The second-order valence-electron chi connectivity index (χ2n) is 7.25. The number of hydrogen-bond acceptors (Lipinski definition) is 7. The van der Waals surface area contributed by atoms with Crippen LogP contribution in [0.3, 0.4) is 0 Å². The molecule has 156 valence electrons. The highest BCUT2D eigenvalue weighted by molar-refractivity contribution is 6.22. The maximum atomic E-state index is 12.7. The molecule has 8 nitrogen and oxygen atoms in total. The van der Waals surface area contributed by atoms with Crippen LogP contribution in [0.25, 0.3) is 0 Å². The molecule has 1 aromatic heterocycles. The summed E-state index contributed by atoms with van der Waals surface area (Å²) in [5.41, 5.74) is 2.85. The van der Waals surface area contributed by atoms with Crippen LogP contribution < -0.4 is 10.1 Å². The third-order valence-corrected chi connectivity index (χ3v) is 4.84. The predicted octanol–water partition coefficient (Wildman–Crippen LogP) is 3.43. The van der Waals surface area contributed by atoms with Crippen molar-refractivity contribution >= 4 is 29.4 Å². The van der Waals surface area contributed by atoms with Crippen LogP contribution in [0.1, 0.15) is 39.0 Å². The van der Waals surface area contributed by atoms with Gasteiger partial charge in [0.1, 0.15) is 11.8 Å². The Morgan fingerprint density at radius 2 is 1.55 bits per heavy atom. The normalized spacial score (nSPS) is 13.7. The Kier molecular flexibility index (Phi) is 5.21. The zero-order valence-electron chi connectivity index (χ0n) is 17.2. The summed E-state index contributed by atoms with van der Waals surface area (Å²) in [5, 5.41) is 3.08. The van der Waals surface area contributed by atoms with Gasteiger partial charge >= 0.3 is 5.97 Å². The first kappa shape index (κ1) is 20.2. The van der Waals surface area contributed by atoms with Gasteiger partial charge in [0.2, 0.25) is 5.95 Å². The summed E-state index contributed by atoms with van der Waals surface area (Å²) in [7, 11) is 0. The van der Waals surface area contributed by atoms with E-state index >= 15 is 0 Å². The van der Waals surface area contributed by atoms with E-state index < -0.39 is 23.8 Å². The number of rotatable bonds is 5. The number of esters is 1. The molecule has 4 rings (SSSR count). The minimum atomic E-state index is -1.08. The topological polar surface area (TPSA) is 101 Å². The van der Waals surface area contributed by atoms with E-state index in [-0.39, 0.29) is 16.9 Å². The number of amides is 2. The van der Waals surface area contributed by atoms with Crippen LogP contribution >= 0.6 is 0 Å². The maximum absolute atomic E-state index is 12.7. The summed E-state index contributed by atoms with van der Waals surface area (Å²) in [4.78, 5) is 47.4. The fourth-order valence-electron chi connectivity index (χ4n) is 3.41. The average molecular weight is 416 g/mol. The Morgan fingerprint density at radius 3 is 2.16 bits per heavy atom. The van der Waals surface area contributed by atoms with E-state index in [0.717, 1.165) is 16.3 Å². The van der Waals surface area contributed by atoms with Gasteiger partial charge in [0.05, 0.1) is 11.1 Å². The third kappa shape index (κ3) is 4.00. The summed E-state index contributed by atoms with van der Waals surface area (Å²) in [6.07, 6.45) is 0.